The van der Waals surface area contributed by atoms with Crippen molar-refractivity contribution in [1.82, 2.24) is 0 Å². The van der Waals surface area contributed by atoms with Crippen LogP contribution >= 0.6 is 0 Å². The molecule has 0 bridgehead atoms. The predicted octanol–water partition coefficient (Wildman–Crippen LogP) is 1.48. The van der Waals surface area contributed by atoms with Crippen molar-refractivity contribution in [2.24, 2.45) is 11.7 Å². The average Bonchev–Trinajstić information content (AvgIpc) is 1.86. The van der Waals surface area contributed by atoms with Gasteiger partial charge in [0, 0.05) is 11.5 Å². The SMILES string of the molecule is CC(=O)C1CCC(C)(N)CC1. The van der Waals surface area contributed by atoms with Gasteiger partial charge in [-0.1, -0.05) is 0 Å². The Labute approximate surface area is 68.2 Å². The Bertz CT molecular complexity index is 153. The van der Waals surface area contributed by atoms with Gasteiger partial charge < -0.3 is 5.73 Å². The highest BCUT2D eigenvalue weighted by atomic mass is 16.1. The molecule has 64 valence electrons. The quantitative estimate of drug-likeness (QED) is 0.623. The molecule has 1 fully saturated rings. The first-order valence-electron chi connectivity index (χ1n) is 4.31. The minimum Gasteiger partial charge on any atom is -0.325 e. The Morgan fingerprint density at radius 2 is 1.91 bits per heavy atom. The maximum absolute atomic E-state index is 11.0. The first-order valence-corrected chi connectivity index (χ1v) is 4.31. The summed E-state index contributed by atoms with van der Waals surface area (Å²) in [5.74, 6) is 0.632. The number of Topliss-reactive ketones (excluding diaryl/α,β-unsaturated/α-hetero) is 1. The summed E-state index contributed by atoms with van der Waals surface area (Å²) in [6.07, 6.45) is 3.97. The van der Waals surface area contributed by atoms with E-state index in [1.54, 1.807) is 6.92 Å². The van der Waals surface area contributed by atoms with Gasteiger partial charge in [0.1, 0.15) is 5.78 Å². The fourth-order valence-corrected chi connectivity index (χ4v) is 1.68. The lowest BCUT2D eigenvalue weighted by Crippen LogP contribution is -2.40. The molecule has 1 aliphatic carbocycles. The van der Waals surface area contributed by atoms with E-state index in [1.165, 1.54) is 0 Å². The van der Waals surface area contributed by atoms with Gasteiger partial charge in [0.15, 0.2) is 0 Å². The lowest BCUT2D eigenvalue weighted by Gasteiger charge is -2.32. The minimum absolute atomic E-state index is 0.00799. The standard InChI is InChI=1S/C9H17NO/c1-7(11)8-3-5-9(2,10)6-4-8/h8H,3-6,10H2,1-2H3. The van der Waals surface area contributed by atoms with E-state index >= 15 is 0 Å². The highest BCUT2D eigenvalue weighted by Crippen LogP contribution is 2.30. The van der Waals surface area contributed by atoms with Gasteiger partial charge in [-0.05, 0) is 39.5 Å². The van der Waals surface area contributed by atoms with Gasteiger partial charge in [-0.3, -0.25) is 4.79 Å². The van der Waals surface area contributed by atoms with Crippen LogP contribution in [0.1, 0.15) is 39.5 Å². The van der Waals surface area contributed by atoms with E-state index in [0.29, 0.717) is 11.7 Å². The Hall–Kier alpha value is -0.370. The number of rotatable bonds is 1. The molecule has 0 aromatic heterocycles. The minimum atomic E-state index is -0.00799. The van der Waals surface area contributed by atoms with Crippen molar-refractivity contribution in [2.75, 3.05) is 0 Å². The first-order chi connectivity index (χ1) is 5.01. The second-order valence-corrected chi connectivity index (χ2v) is 4.04. The van der Waals surface area contributed by atoms with Gasteiger partial charge in [0.2, 0.25) is 0 Å². The molecule has 0 radical (unpaired) electrons. The molecule has 0 unspecified atom stereocenters. The van der Waals surface area contributed by atoms with Crippen LogP contribution in [0.25, 0.3) is 0 Å². The van der Waals surface area contributed by atoms with E-state index in [9.17, 15) is 4.79 Å². The van der Waals surface area contributed by atoms with E-state index in [-0.39, 0.29) is 5.54 Å². The number of ketones is 1. The lowest BCUT2D eigenvalue weighted by molar-refractivity contribution is -0.121. The van der Waals surface area contributed by atoms with Crippen LogP contribution in [0.5, 0.6) is 0 Å². The maximum atomic E-state index is 11.0. The number of carbonyl (C=O) groups excluding carboxylic acids is 1. The van der Waals surface area contributed by atoms with E-state index in [1.807, 2.05) is 0 Å². The third-order valence-electron chi connectivity index (χ3n) is 2.70. The van der Waals surface area contributed by atoms with Crippen LogP contribution in [-0.2, 0) is 4.79 Å². The molecule has 0 aromatic rings. The van der Waals surface area contributed by atoms with Crippen molar-refractivity contribution in [3.05, 3.63) is 0 Å². The molecule has 0 heterocycles. The van der Waals surface area contributed by atoms with Gasteiger partial charge in [-0.25, -0.2) is 0 Å². The summed E-state index contributed by atoms with van der Waals surface area (Å²) >= 11 is 0. The molecular formula is C9H17NO. The van der Waals surface area contributed by atoms with Gasteiger partial charge in [0.25, 0.3) is 0 Å². The zero-order valence-electron chi connectivity index (χ0n) is 7.39. The van der Waals surface area contributed by atoms with Gasteiger partial charge in [-0.2, -0.15) is 0 Å². The topological polar surface area (TPSA) is 43.1 Å². The van der Waals surface area contributed by atoms with Crippen molar-refractivity contribution >= 4 is 5.78 Å². The molecule has 2 N–H and O–H groups in total. The van der Waals surface area contributed by atoms with Crippen molar-refractivity contribution in [3.63, 3.8) is 0 Å². The molecule has 2 nitrogen and oxygen atoms in total. The Kier molecular flexibility index (Phi) is 2.33. The summed E-state index contributed by atoms with van der Waals surface area (Å²) in [6, 6.07) is 0. The zero-order valence-corrected chi connectivity index (χ0v) is 7.39. The van der Waals surface area contributed by atoms with Crippen LogP contribution in [0.15, 0.2) is 0 Å². The molecule has 2 heteroatoms. The summed E-state index contributed by atoms with van der Waals surface area (Å²) in [6.45, 7) is 3.76. The molecular weight excluding hydrogens is 138 g/mol. The van der Waals surface area contributed by atoms with Crippen LogP contribution in [0.4, 0.5) is 0 Å². The van der Waals surface area contributed by atoms with Crippen LogP contribution in [0.2, 0.25) is 0 Å². The second-order valence-electron chi connectivity index (χ2n) is 4.04. The van der Waals surface area contributed by atoms with Crippen molar-refractivity contribution in [2.45, 2.75) is 45.1 Å². The first kappa shape index (κ1) is 8.72. The normalized spacial score (nSPS) is 38.6. The Balaban J connectivity index is 2.42. The second kappa shape index (κ2) is 2.94. The average molecular weight is 155 g/mol. The van der Waals surface area contributed by atoms with Crippen LogP contribution < -0.4 is 5.73 Å². The van der Waals surface area contributed by atoms with E-state index in [0.717, 1.165) is 25.7 Å². The fraction of sp³-hybridized carbons (Fsp3) is 0.889. The summed E-state index contributed by atoms with van der Waals surface area (Å²) in [7, 11) is 0. The van der Waals surface area contributed by atoms with Crippen molar-refractivity contribution in [3.8, 4) is 0 Å². The summed E-state index contributed by atoms with van der Waals surface area (Å²) < 4.78 is 0. The molecule has 0 amide bonds. The largest absolute Gasteiger partial charge is 0.325 e. The van der Waals surface area contributed by atoms with Crippen LogP contribution in [0, 0.1) is 5.92 Å². The molecule has 0 spiro atoms. The summed E-state index contributed by atoms with van der Waals surface area (Å²) in [5.41, 5.74) is 5.92. The van der Waals surface area contributed by atoms with Crippen LogP contribution in [0.3, 0.4) is 0 Å². The van der Waals surface area contributed by atoms with Gasteiger partial charge >= 0.3 is 0 Å². The summed E-state index contributed by atoms with van der Waals surface area (Å²) in [5, 5.41) is 0. The molecule has 0 aromatic carbocycles. The third-order valence-corrected chi connectivity index (χ3v) is 2.70. The zero-order chi connectivity index (χ0) is 8.48. The van der Waals surface area contributed by atoms with Crippen LogP contribution in [-0.4, -0.2) is 11.3 Å². The highest BCUT2D eigenvalue weighted by molar-refractivity contribution is 5.78. The number of hydrogen-bond donors (Lipinski definition) is 1. The Morgan fingerprint density at radius 3 is 2.27 bits per heavy atom. The number of hydrogen-bond acceptors (Lipinski definition) is 2. The molecule has 0 aliphatic heterocycles. The predicted molar refractivity (Wildman–Crippen MR) is 45.2 cm³/mol. The number of nitrogens with two attached hydrogens (primary N) is 1. The van der Waals surface area contributed by atoms with E-state index in [2.05, 4.69) is 6.92 Å². The van der Waals surface area contributed by atoms with E-state index < -0.39 is 0 Å². The molecule has 1 rings (SSSR count). The van der Waals surface area contributed by atoms with E-state index in [4.69, 9.17) is 5.73 Å². The van der Waals surface area contributed by atoms with Gasteiger partial charge in [0.05, 0.1) is 0 Å². The monoisotopic (exact) mass is 155 g/mol. The smallest absolute Gasteiger partial charge is 0.132 e. The van der Waals surface area contributed by atoms with Crippen molar-refractivity contribution < 1.29 is 4.79 Å². The molecule has 0 saturated heterocycles. The molecule has 0 atom stereocenters. The van der Waals surface area contributed by atoms with Crippen molar-refractivity contribution in [1.29, 1.82) is 0 Å². The number of carbonyl (C=O) groups is 1. The Morgan fingerprint density at radius 1 is 1.45 bits per heavy atom. The highest BCUT2D eigenvalue weighted by Gasteiger charge is 2.28. The molecule has 11 heavy (non-hydrogen) atoms. The maximum Gasteiger partial charge on any atom is 0.132 e. The molecule has 1 aliphatic rings. The third kappa shape index (κ3) is 2.29. The van der Waals surface area contributed by atoms with Gasteiger partial charge in [-0.15, -0.1) is 0 Å². The molecule has 1 saturated carbocycles. The summed E-state index contributed by atoms with van der Waals surface area (Å²) in [4.78, 5) is 11.0. The fourth-order valence-electron chi connectivity index (χ4n) is 1.68. The lowest BCUT2D eigenvalue weighted by atomic mass is 9.77.